The van der Waals surface area contributed by atoms with Crippen LogP contribution in [-0.4, -0.2) is 28.4 Å². The standard InChI is InChI=1S/C18H23N3O4/c1-2-19-17(22)16-10-15(25-20-16)12-21(11-14-8-5-9-24-14)18(23)13-6-3-4-7-13/h5,8-10,13H,2-4,6-7,11-12H2,1H3,(H,19,22). The van der Waals surface area contributed by atoms with Gasteiger partial charge in [0.25, 0.3) is 5.91 Å². The number of hydrogen-bond acceptors (Lipinski definition) is 5. The highest BCUT2D eigenvalue weighted by Gasteiger charge is 2.28. The molecule has 134 valence electrons. The summed E-state index contributed by atoms with van der Waals surface area (Å²) in [7, 11) is 0. The lowest BCUT2D eigenvalue weighted by Crippen LogP contribution is -2.34. The van der Waals surface area contributed by atoms with Crippen molar-refractivity contribution < 1.29 is 18.5 Å². The summed E-state index contributed by atoms with van der Waals surface area (Å²) < 4.78 is 10.6. The highest BCUT2D eigenvalue weighted by atomic mass is 16.5. The molecular formula is C18H23N3O4. The zero-order valence-electron chi connectivity index (χ0n) is 14.4. The predicted octanol–water partition coefficient (Wildman–Crippen LogP) is 2.74. The first-order chi connectivity index (χ1) is 12.2. The van der Waals surface area contributed by atoms with Crippen LogP contribution >= 0.6 is 0 Å². The van der Waals surface area contributed by atoms with Crippen molar-refractivity contribution in [3.63, 3.8) is 0 Å². The molecule has 2 amide bonds. The van der Waals surface area contributed by atoms with E-state index >= 15 is 0 Å². The molecule has 2 heterocycles. The molecule has 0 aliphatic heterocycles. The molecule has 7 heteroatoms. The normalized spacial score (nSPS) is 14.6. The minimum atomic E-state index is -0.280. The van der Waals surface area contributed by atoms with Gasteiger partial charge in [0.05, 0.1) is 19.4 Å². The zero-order valence-corrected chi connectivity index (χ0v) is 14.4. The average Bonchev–Trinajstić information content (AvgIpc) is 3.36. The van der Waals surface area contributed by atoms with Gasteiger partial charge in [-0.1, -0.05) is 18.0 Å². The van der Waals surface area contributed by atoms with E-state index in [0.717, 1.165) is 31.4 Å². The van der Waals surface area contributed by atoms with Crippen LogP contribution in [0.2, 0.25) is 0 Å². The second-order valence-electron chi connectivity index (χ2n) is 6.29. The monoisotopic (exact) mass is 345 g/mol. The number of hydrogen-bond donors (Lipinski definition) is 1. The minimum absolute atomic E-state index is 0.0562. The molecule has 0 atom stereocenters. The van der Waals surface area contributed by atoms with Crippen LogP contribution in [0.4, 0.5) is 0 Å². The average molecular weight is 345 g/mol. The van der Waals surface area contributed by atoms with Gasteiger partial charge in [-0.05, 0) is 31.9 Å². The van der Waals surface area contributed by atoms with E-state index in [-0.39, 0.29) is 30.0 Å². The molecule has 0 bridgehead atoms. The molecule has 0 saturated heterocycles. The van der Waals surface area contributed by atoms with Gasteiger partial charge in [-0.15, -0.1) is 0 Å². The summed E-state index contributed by atoms with van der Waals surface area (Å²) in [5, 5.41) is 6.47. The van der Waals surface area contributed by atoms with Gasteiger partial charge in [0.15, 0.2) is 11.5 Å². The van der Waals surface area contributed by atoms with Crippen LogP contribution in [0.5, 0.6) is 0 Å². The van der Waals surface area contributed by atoms with E-state index in [0.29, 0.717) is 18.8 Å². The molecule has 1 saturated carbocycles. The summed E-state index contributed by atoms with van der Waals surface area (Å²) in [6.07, 6.45) is 5.63. The Morgan fingerprint density at radius 2 is 2.04 bits per heavy atom. The van der Waals surface area contributed by atoms with Crippen molar-refractivity contribution >= 4 is 11.8 Å². The maximum absolute atomic E-state index is 12.9. The molecule has 0 unspecified atom stereocenters. The quantitative estimate of drug-likeness (QED) is 0.833. The fraction of sp³-hybridized carbons (Fsp3) is 0.500. The van der Waals surface area contributed by atoms with Crippen molar-refractivity contribution in [2.75, 3.05) is 6.54 Å². The first-order valence-corrected chi connectivity index (χ1v) is 8.72. The van der Waals surface area contributed by atoms with E-state index in [1.807, 2.05) is 13.0 Å². The van der Waals surface area contributed by atoms with E-state index in [2.05, 4.69) is 10.5 Å². The van der Waals surface area contributed by atoms with Gasteiger partial charge >= 0.3 is 0 Å². The molecule has 25 heavy (non-hydrogen) atoms. The molecule has 3 rings (SSSR count). The Bertz CT molecular complexity index is 702. The molecule has 1 aliphatic carbocycles. The van der Waals surface area contributed by atoms with E-state index in [1.54, 1.807) is 23.3 Å². The van der Waals surface area contributed by atoms with Crippen LogP contribution in [0.3, 0.4) is 0 Å². The molecule has 2 aromatic rings. The Morgan fingerprint density at radius 3 is 2.72 bits per heavy atom. The molecule has 0 aromatic carbocycles. The lowest BCUT2D eigenvalue weighted by atomic mass is 10.1. The van der Waals surface area contributed by atoms with Gasteiger partial charge in [-0.25, -0.2) is 0 Å². The molecule has 0 radical (unpaired) electrons. The number of nitrogens with zero attached hydrogens (tertiary/aromatic N) is 2. The minimum Gasteiger partial charge on any atom is -0.467 e. The fourth-order valence-corrected chi connectivity index (χ4v) is 3.17. The van der Waals surface area contributed by atoms with E-state index < -0.39 is 0 Å². The second-order valence-corrected chi connectivity index (χ2v) is 6.29. The Kier molecular flexibility index (Phi) is 5.53. The molecule has 0 spiro atoms. The van der Waals surface area contributed by atoms with E-state index in [9.17, 15) is 9.59 Å². The van der Waals surface area contributed by atoms with Crippen molar-refractivity contribution in [3.8, 4) is 0 Å². The Hall–Kier alpha value is -2.57. The highest BCUT2D eigenvalue weighted by Crippen LogP contribution is 2.28. The predicted molar refractivity (Wildman–Crippen MR) is 89.4 cm³/mol. The number of furan rings is 1. The lowest BCUT2D eigenvalue weighted by Gasteiger charge is -2.23. The third-order valence-corrected chi connectivity index (χ3v) is 4.42. The SMILES string of the molecule is CCNC(=O)c1cc(CN(Cc2ccco2)C(=O)C2CCCC2)on1. The highest BCUT2D eigenvalue weighted by molar-refractivity contribution is 5.92. The Morgan fingerprint density at radius 1 is 1.28 bits per heavy atom. The third-order valence-electron chi connectivity index (χ3n) is 4.42. The van der Waals surface area contributed by atoms with Gasteiger partial charge < -0.3 is 19.2 Å². The first kappa shape index (κ1) is 17.3. The molecule has 2 aromatic heterocycles. The van der Waals surface area contributed by atoms with Gasteiger partial charge in [0.2, 0.25) is 5.91 Å². The topological polar surface area (TPSA) is 88.6 Å². The summed E-state index contributed by atoms with van der Waals surface area (Å²) in [5.74, 6) is 1.08. The molecule has 7 nitrogen and oxygen atoms in total. The van der Waals surface area contributed by atoms with E-state index in [4.69, 9.17) is 8.94 Å². The summed E-state index contributed by atoms with van der Waals surface area (Å²) in [6.45, 7) is 3.00. The molecule has 1 aliphatic rings. The maximum atomic E-state index is 12.9. The van der Waals surface area contributed by atoms with Crippen molar-refractivity contribution in [1.29, 1.82) is 0 Å². The number of aromatic nitrogens is 1. The second kappa shape index (κ2) is 8.00. The third kappa shape index (κ3) is 4.29. The van der Waals surface area contributed by atoms with Crippen LogP contribution < -0.4 is 5.32 Å². The number of carbonyl (C=O) groups is 2. The van der Waals surface area contributed by atoms with Gasteiger partial charge in [0.1, 0.15) is 5.76 Å². The summed E-state index contributed by atoms with van der Waals surface area (Å²) in [4.78, 5) is 26.4. The lowest BCUT2D eigenvalue weighted by molar-refractivity contribution is -0.137. The smallest absolute Gasteiger partial charge is 0.273 e. The van der Waals surface area contributed by atoms with Crippen molar-refractivity contribution in [2.24, 2.45) is 5.92 Å². The van der Waals surface area contributed by atoms with Crippen molar-refractivity contribution in [2.45, 2.75) is 45.7 Å². The van der Waals surface area contributed by atoms with Crippen molar-refractivity contribution in [1.82, 2.24) is 15.4 Å². The fourth-order valence-electron chi connectivity index (χ4n) is 3.17. The number of rotatable bonds is 7. The van der Waals surface area contributed by atoms with Crippen molar-refractivity contribution in [3.05, 3.63) is 41.7 Å². The van der Waals surface area contributed by atoms with Crippen LogP contribution in [0.25, 0.3) is 0 Å². The maximum Gasteiger partial charge on any atom is 0.273 e. The number of nitrogens with one attached hydrogen (secondary N) is 1. The van der Waals surface area contributed by atoms with Crippen LogP contribution in [0.1, 0.15) is 54.6 Å². The van der Waals surface area contributed by atoms with Gasteiger partial charge in [-0.2, -0.15) is 0 Å². The summed E-state index contributed by atoms with van der Waals surface area (Å²) in [6, 6.07) is 5.23. The largest absolute Gasteiger partial charge is 0.467 e. The van der Waals surface area contributed by atoms with E-state index in [1.165, 1.54) is 0 Å². The summed E-state index contributed by atoms with van der Waals surface area (Å²) >= 11 is 0. The van der Waals surface area contributed by atoms with Crippen LogP contribution in [0.15, 0.2) is 33.4 Å². The number of amides is 2. The Labute approximate surface area is 146 Å². The van der Waals surface area contributed by atoms with Crippen LogP contribution in [0, 0.1) is 5.92 Å². The first-order valence-electron chi connectivity index (χ1n) is 8.72. The zero-order chi connectivity index (χ0) is 17.6. The van der Waals surface area contributed by atoms with Gasteiger partial charge in [-0.3, -0.25) is 9.59 Å². The number of carbonyl (C=O) groups excluding carboxylic acids is 2. The molecule has 1 N–H and O–H groups in total. The summed E-state index contributed by atoms with van der Waals surface area (Å²) in [5.41, 5.74) is 0.225. The van der Waals surface area contributed by atoms with Crippen LogP contribution in [-0.2, 0) is 17.9 Å². The molecular weight excluding hydrogens is 322 g/mol. The molecule has 1 fully saturated rings. The van der Waals surface area contributed by atoms with Gasteiger partial charge in [0, 0.05) is 18.5 Å². The Balaban J connectivity index is 1.72.